The number of aliphatic hydroxyl groups excluding tert-OH is 2. The van der Waals surface area contributed by atoms with Gasteiger partial charge in [-0.05, 0) is 23.3 Å². The van der Waals surface area contributed by atoms with Crippen molar-refractivity contribution >= 4 is 27.5 Å². The number of aliphatic hydroxyl groups is 2. The van der Waals surface area contributed by atoms with Crippen molar-refractivity contribution in [2.45, 2.75) is 17.5 Å². The monoisotopic (exact) mass is 303 g/mol. The van der Waals surface area contributed by atoms with Gasteiger partial charge in [0.2, 0.25) is 0 Å². The van der Waals surface area contributed by atoms with Gasteiger partial charge in [-0.3, -0.25) is 0 Å². The summed E-state index contributed by atoms with van der Waals surface area (Å²) in [5, 5.41) is 28.7. The van der Waals surface area contributed by atoms with E-state index in [4.69, 9.17) is 16.9 Å². The van der Waals surface area contributed by atoms with Crippen LogP contribution in [0.1, 0.15) is 22.8 Å². The third-order valence-corrected chi connectivity index (χ3v) is 3.18. The third kappa shape index (κ3) is 2.96. The second kappa shape index (κ2) is 6.21. The van der Waals surface area contributed by atoms with E-state index < -0.39 is 12.2 Å². The fourth-order valence-electron chi connectivity index (χ4n) is 1.35. The van der Waals surface area contributed by atoms with Crippen LogP contribution in [0.15, 0.2) is 18.2 Å². The lowest BCUT2D eigenvalue weighted by atomic mass is 9.98. The first-order valence-electron chi connectivity index (χ1n) is 4.65. The van der Waals surface area contributed by atoms with Crippen LogP contribution in [0.2, 0.25) is 0 Å². The van der Waals surface area contributed by atoms with Crippen molar-refractivity contribution in [1.82, 2.24) is 0 Å². The van der Waals surface area contributed by atoms with E-state index in [1.165, 1.54) is 0 Å². The standard InChI is InChI=1S/C11H11BrClNO2/c12-4-8-2-1-7(6-14)3-9(8)11(16)10(15)5-13/h1-3,10-11,15-16H,4-5H2. The van der Waals surface area contributed by atoms with E-state index in [9.17, 15) is 10.2 Å². The van der Waals surface area contributed by atoms with Crippen molar-refractivity contribution in [2.75, 3.05) is 5.88 Å². The van der Waals surface area contributed by atoms with Crippen molar-refractivity contribution in [1.29, 1.82) is 5.26 Å². The first kappa shape index (κ1) is 13.5. The van der Waals surface area contributed by atoms with Gasteiger partial charge in [0.05, 0.1) is 23.6 Å². The number of alkyl halides is 2. The SMILES string of the molecule is N#Cc1ccc(CBr)c(C(O)C(O)CCl)c1. The highest BCUT2D eigenvalue weighted by Gasteiger charge is 2.20. The molecule has 0 aromatic heterocycles. The van der Waals surface area contributed by atoms with E-state index in [0.717, 1.165) is 5.56 Å². The molecule has 0 spiro atoms. The molecule has 2 atom stereocenters. The molecule has 0 radical (unpaired) electrons. The molecule has 3 nitrogen and oxygen atoms in total. The Kier molecular flexibility index (Phi) is 5.23. The lowest BCUT2D eigenvalue weighted by molar-refractivity contribution is 0.0323. The Labute approximate surface area is 107 Å². The number of rotatable bonds is 4. The van der Waals surface area contributed by atoms with Crippen LogP contribution in [0, 0.1) is 11.3 Å². The van der Waals surface area contributed by atoms with Gasteiger partial charge >= 0.3 is 0 Å². The highest BCUT2D eigenvalue weighted by atomic mass is 79.9. The maximum Gasteiger partial charge on any atom is 0.106 e. The van der Waals surface area contributed by atoms with E-state index in [2.05, 4.69) is 15.9 Å². The Morgan fingerprint density at radius 3 is 2.62 bits per heavy atom. The first-order chi connectivity index (χ1) is 7.63. The molecule has 0 amide bonds. The fourth-order valence-corrected chi connectivity index (χ4v) is 2.03. The largest absolute Gasteiger partial charge is 0.389 e. The molecule has 2 unspecified atom stereocenters. The molecule has 86 valence electrons. The predicted molar refractivity (Wildman–Crippen MR) is 65.5 cm³/mol. The van der Waals surface area contributed by atoms with Gasteiger partial charge in [-0.2, -0.15) is 5.26 Å². The average Bonchev–Trinajstić information content (AvgIpc) is 2.35. The van der Waals surface area contributed by atoms with Crippen LogP contribution < -0.4 is 0 Å². The van der Waals surface area contributed by atoms with Gasteiger partial charge in [-0.25, -0.2) is 0 Å². The quantitative estimate of drug-likeness (QED) is 0.837. The number of nitriles is 1. The van der Waals surface area contributed by atoms with Crippen LogP contribution in [0.4, 0.5) is 0 Å². The fraction of sp³-hybridized carbons (Fsp3) is 0.364. The summed E-state index contributed by atoms with van der Waals surface area (Å²) in [7, 11) is 0. The molecular formula is C11H11BrClNO2. The minimum Gasteiger partial charge on any atom is -0.389 e. The second-order valence-corrected chi connectivity index (χ2v) is 4.19. The summed E-state index contributed by atoms with van der Waals surface area (Å²) in [6.45, 7) is 0. The van der Waals surface area contributed by atoms with E-state index >= 15 is 0 Å². The molecular weight excluding hydrogens is 293 g/mol. The number of hydrogen-bond acceptors (Lipinski definition) is 3. The summed E-state index contributed by atoms with van der Waals surface area (Å²) in [5.74, 6) is -0.0559. The molecule has 0 bridgehead atoms. The predicted octanol–water partition coefficient (Wildman–Crippen LogP) is 2.09. The normalized spacial score (nSPS) is 14.2. The van der Waals surface area contributed by atoms with Gasteiger partial charge in [0, 0.05) is 5.33 Å². The summed E-state index contributed by atoms with van der Waals surface area (Å²) < 4.78 is 0. The lowest BCUT2D eigenvalue weighted by Crippen LogP contribution is -2.20. The minimum absolute atomic E-state index is 0.0559. The average molecular weight is 305 g/mol. The number of halogens is 2. The van der Waals surface area contributed by atoms with Crippen molar-refractivity contribution in [2.24, 2.45) is 0 Å². The third-order valence-electron chi connectivity index (χ3n) is 2.26. The maximum atomic E-state index is 9.86. The molecule has 0 saturated carbocycles. The number of hydrogen-bond donors (Lipinski definition) is 2. The highest BCUT2D eigenvalue weighted by molar-refractivity contribution is 9.08. The lowest BCUT2D eigenvalue weighted by Gasteiger charge is -2.18. The van der Waals surface area contributed by atoms with Crippen molar-refractivity contribution in [3.8, 4) is 6.07 Å². The van der Waals surface area contributed by atoms with Crippen LogP contribution in [0.5, 0.6) is 0 Å². The van der Waals surface area contributed by atoms with E-state index in [1.54, 1.807) is 18.2 Å². The Morgan fingerprint density at radius 1 is 1.44 bits per heavy atom. The molecule has 1 aromatic rings. The molecule has 2 N–H and O–H groups in total. The van der Waals surface area contributed by atoms with Crippen LogP contribution in [0.3, 0.4) is 0 Å². The minimum atomic E-state index is -1.07. The van der Waals surface area contributed by atoms with Gasteiger partial charge in [0.25, 0.3) is 0 Å². The zero-order valence-electron chi connectivity index (χ0n) is 8.40. The molecule has 1 rings (SSSR count). The summed E-state index contributed by atoms with van der Waals surface area (Å²) in [6.07, 6.45) is -2.10. The smallest absolute Gasteiger partial charge is 0.106 e. The Hall–Kier alpha value is -0.600. The van der Waals surface area contributed by atoms with Crippen molar-refractivity contribution < 1.29 is 10.2 Å². The van der Waals surface area contributed by atoms with Crippen LogP contribution in [0.25, 0.3) is 0 Å². The van der Waals surface area contributed by atoms with Gasteiger partial charge in [-0.1, -0.05) is 22.0 Å². The first-order valence-corrected chi connectivity index (χ1v) is 6.30. The molecule has 5 heteroatoms. The molecule has 0 saturated heterocycles. The summed E-state index contributed by atoms with van der Waals surface area (Å²) >= 11 is 8.76. The van der Waals surface area contributed by atoms with Gasteiger partial charge < -0.3 is 10.2 Å². The van der Waals surface area contributed by atoms with Gasteiger partial charge in [0.1, 0.15) is 6.10 Å². The molecule has 16 heavy (non-hydrogen) atoms. The van der Waals surface area contributed by atoms with Gasteiger partial charge in [-0.15, -0.1) is 11.6 Å². The molecule has 0 aliphatic rings. The summed E-state index contributed by atoms with van der Waals surface area (Å²) in [5.41, 5.74) is 1.81. The highest BCUT2D eigenvalue weighted by Crippen LogP contribution is 2.24. The molecule has 0 aliphatic heterocycles. The summed E-state index contributed by atoms with van der Waals surface area (Å²) in [4.78, 5) is 0. The second-order valence-electron chi connectivity index (χ2n) is 3.33. The molecule has 0 heterocycles. The van der Waals surface area contributed by atoms with Crippen molar-refractivity contribution in [3.63, 3.8) is 0 Å². The molecule has 1 aromatic carbocycles. The Balaban J connectivity index is 3.14. The van der Waals surface area contributed by atoms with Crippen molar-refractivity contribution in [3.05, 3.63) is 34.9 Å². The van der Waals surface area contributed by atoms with Crippen LogP contribution >= 0.6 is 27.5 Å². The number of benzene rings is 1. The zero-order valence-corrected chi connectivity index (χ0v) is 10.7. The van der Waals surface area contributed by atoms with E-state index in [0.29, 0.717) is 16.5 Å². The van der Waals surface area contributed by atoms with E-state index in [1.807, 2.05) is 6.07 Å². The maximum absolute atomic E-state index is 9.86. The van der Waals surface area contributed by atoms with Crippen LogP contribution in [-0.2, 0) is 5.33 Å². The van der Waals surface area contributed by atoms with E-state index in [-0.39, 0.29) is 5.88 Å². The Morgan fingerprint density at radius 2 is 2.12 bits per heavy atom. The zero-order chi connectivity index (χ0) is 12.1. The summed E-state index contributed by atoms with van der Waals surface area (Å²) in [6, 6.07) is 6.97. The topological polar surface area (TPSA) is 64.2 Å². The number of nitrogens with zero attached hydrogens (tertiary/aromatic N) is 1. The Bertz CT molecular complexity index is 405. The van der Waals surface area contributed by atoms with Gasteiger partial charge in [0.15, 0.2) is 0 Å². The molecule has 0 fully saturated rings. The molecule has 0 aliphatic carbocycles. The van der Waals surface area contributed by atoms with Crippen LogP contribution in [-0.4, -0.2) is 22.2 Å².